The van der Waals surface area contributed by atoms with Crippen LogP contribution >= 0.6 is 0 Å². The second-order valence-corrected chi connectivity index (χ2v) is 6.99. The van der Waals surface area contributed by atoms with E-state index in [0.29, 0.717) is 18.9 Å². The van der Waals surface area contributed by atoms with Gasteiger partial charge in [-0.25, -0.2) is 0 Å². The van der Waals surface area contributed by atoms with Gasteiger partial charge >= 0.3 is 0 Å². The first-order valence-corrected chi connectivity index (χ1v) is 8.99. The highest BCUT2D eigenvalue weighted by Crippen LogP contribution is 2.36. The molecule has 4 rings (SSSR count). The van der Waals surface area contributed by atoms with Crippen molar-refractivity contribution < 1.29 is 9.53 Å². The number of hydrogen-bond acceptors (Lipinski definition) is 4. The Hall–Kier alpha value is -2.37. The van der Waals surface area contributed by atoms with E-state index in [1.54, 1.807) is 7.11 Å². The molecule has 25 heavy (non-hydrogen) atoms. The molecule has 6 nitrogen and oxygen atoms in total. The molecule has 0 fully saturated rings. The van der Waals surface area contributed by atoms with E-state index in [4.69, 9.17) is 4.74 Å². The molecule has 132 valence electrons. The molecule has 2 aliphatic rings. The van der Waals surface area contributed by atoms with Crippen molar-refractivity contribution in [1.82, 2.24) is 19.7 Å². The smallest absolute Gasteiger partial charge is 0.223 e. The van der Waals surface area contributed by atoms with E-state index in [2.05, 4.69) is 26.9 Å². The molecule has 0 unspecified atom stereocenters. The summed E-state index contributed by atoms with van der Waals surface area (Å²) in [6.07, 6.45) is 3.86. The van der Waals surface area contributed by atoms with E-state index in [-0.39, 0.29) is 5.91 Å². The Balaban J connectivity index is 1.47. The fourth-order valence-electron chi connectivity index (χ4n) is 4.09. The number of benzene rings is 1. The number of aryl methyl sites for hydroxylation is 2. The Bertz CT molecular complexity index is 799. The average molecular weight is 340 g/mol. The first-order chi connectivity index (χ1) is 12.2. The first-order valence-electron chi connectivity index (χ1n) is 8.99. The maximum atomic E-state index is 12.9. The number of aromatic nitrogens is 3. The van der Waals surface area contributed by atoms with Gasteiger partial charge in [-0.3, -0.25) is 4.79 Å². The summed E-state index contributed by atoms with van der Waals surface area (Å²) in [4.78, 5) is 14.8. The molecule has 1 aliphatic carbocycles. The summed E-state index contributed by atoms with van der Waals surface area (Å²) in [5.74, 6) is 3.25. The van der Waals surface area contributed by atoms with Crippen molar-refractivity contribution in [3.05, 3.63) is 41.0 Å². The topological polar surface area (TPSA) is 60.2 Å². The Morgan fingerprint density at radius 1 is 1.32 bits per heavy atom. The Kier molecular flexibility index (Phi) is 4.19. The van der Waals surface area contributed by atoms with Crippen molar-refractivity contribution in [1.29, 1.82) is 0 Å². The molecule has 0 saturated heterocycles. The maximum absolute atomic E-state index is 12.9. The monoisotopic (exact) mass is 340 g/mol. The Morgan fingerprint density at radius 3 is 3.04 bits per heavy atom. The summed E-state index contributed by atoms with van der Waals surface area (Å²) >= 11 is 0. The highest BCUT2D eigenvalue weighted by molar-refractivity contribution is 5.77. The molecule has 1 aliphatic heterocycles. The van der Waals surface area contributed by atoms with Crippen LogP contribution in [0.5, 0.6) is 5.75 Å². The molecule has 2 aromatic rings. The molecule has 2 heterocycles. The van der Waals surface area contributed by atoms with Crippen LogP contribution in [0, 0.1) is 6.92 Å². The van der Waals surface area contributed by atoms with Crippen molar-refractivity contribution in [2.45, 2.75) is 51.6 Å². The minimum Gasteiger partial charge on any atom is -0.497 e. The van der Waals surface area contributed by atoms with Crippen LogP contribution in [-0.4, -0.2) is 39.2 Å². The number of carbonyl (C=O) groups is 1. The van der Waals surface area contributed by atoms with E-state index >= 15 is 0 Å². The second kappa shape index (κ2) is 6.50. The third-order valence-electron chi connectivity index (χ3n) is 5.50. The van der Waals surface area contributed by atoms with Crippen LogP contribution in [0.2, 0.25) is 0 Å². The van der Waals surface area contributed by atoms with Gasteiger partial charge in [-0.05, 0) is 55.4 Å². The normalized spacial score (nSPS) is 19.3. The van der Waals surface area contributed by atoms with Crippen LogP contribution in [-0.2, 0) is 24.3 Å². The van der Waals surface area contributed by atoms with Crippen LogP contribution < -0.4 is 4.74 Å². The number of rotatable bonds is 3. The van der Waals surface area contributed by atoms with Crippen molar-refractivity contribution in [2.75, 3.05) is 13.7 Å². The van der Waals surface area contributed by atoms with Crippen LogP contribution in [0.3, 0.4) is 0 Å². The number of ether oxygens (including phenoxy) is 1. The molecule has 1 aromatic heterocycles. The molecule has 1 aromatic carbocycles. The Labute approximate surface area is 147 Å². The summed E-state index contributed by atoms with van der Waals surface area (Å²) in [5, 5.41) is 8.31. The van der Waals surface area contributed by atoms with E-state index in [1.807, 2.05) is 17.9 Å². The summed E-state index contributed by atoms with van der Waals surface area (Å²) in [5.41, 5.74) is 2.65. The number of carbonyl (C=O) groups excluding carboxylic acids is 1. The second-order valence-electron chi connectivity index (χ2n) is 6.99. The van der Waals surface area contributed by atoms with Crippen molar-refractivity contribution >= 4 is 5.91 Å². The van der Waals surface area contributed by atoms with E-state index < -0.39 is 0 Å². The molecule has 0 spiro atoms. The molecular formula is C19H24N4O2. The van der Waals surface area contributed by atoms with Gasteiger partial charge in [0.05, 0.1) is 13.7 Å². The van der Waals surface area contributed by atoms with Gasteiger partial charge in [0.15, 0.2) is 5.82 Å². The molecule has 0 saturated carbocycles. The van der Waals surface area contributed by atoms with Gasteiger partial charge in [-0.1, -0.05) is 6.07 Å². The zero-order valence-electron chi connectivity index (χ0n) is 14.9. The fraction of sp³-hybridized carbons (Fsp3) is 0.526. The Morgan fingerprint density at radius 2 is 2.20 bits per heavy atom. The SMILES string of the molecule is COc1ccc2c(c1)CCC[C@@H]2CC(=O)N1CCn2c(C)nnc2C1. The zero-order chi connectivity index (χ0) is 17.4. The van der Waals surface area contributed by atoms with E-state index in [0.717, 1.165) is 49.8 Å². The standard InChI is InChI=1S/C19H24N4O2/c1-13-20-21-18-12-22(8-9-23(13)18)19(24)11-15-5-3-4-14-10-16(25-2)6-7-17(14)15/h6-7,10,15H,3-5,8-9,11-12H2,1-2H3/t15-/m1/s1. The van der Waals surface area contributed by atoms with Crippen molar-refractivity contribution in [3.63, 3.8) is 0 Å². The first kappa shape index (κ1) is 16.1. The highest BCUT2D eigenvalue weighted by Gasteiger charge is 2.28. The van der Waals surface area contributed by atoms with Gasteiger partial charge < -0.3 is 14.2 Å². The van der Waals surface area contributed by atoms with Gasteiger partial charge in [0, 0.05) is 19.5 Å². The van der Waals surface area contributed by atoms with Gasteiger partial charge in [-0.2, -0.15) is 0 Å². The van der Waals surface area contributed by atoms with E-state index in [1.165, 1.54) is 11.1 Å². The summed E-state index contributed by atoms with van der Waals surface area (Å²) in [6, 6.07) is 6.27. The summed E-state index contributed by atoms with van der Waals surface area (Å²) < 4.78 is 7.44. The van der Waals surface area contributed by atoms with E-state index in [9.17, 15) is 4.79 Å². The molecule has 0 N–H and O–H groups in total. The summed E-state index contributed by atoms with van der Waals surface area (Å²) in [7, 11) is 1.70. The van der Waals surface area contributed by atoms with Crippen LogP contribution in [0.1, 0.15) is 48.0 Å². The van der Waals surface area contributed by atoms with Crippen LogP contribution in [0.15, 0.2) is 18.2 Å². The lowest BCUT2D eigenvalue weighted by atomic mass is 9.80. The maximum Gasteiger partial charge on any atom is 0.223 e. The molecular weight excluding hydrogens is 316 g/mol. The lowest BCUT2D eigenvalue weighted by Crippen LogP contribution is -2.39. The van der Waals surface area contributed by atoms with Gasteiger partial charge in [0.25, 0.3) is 0 Å². The van der Waals surface area contributed by atoms with Crippen LogP contribution in [0.25, 0.3) is 0 Å². The molecule has 0 radical (unpaired) electrons. The lowest BCUT2D eigenvalue weighted by molar-refractivity contribution is -0.133. The minimum atomic E-state index is 0.223. The third-order valence-corrected chi connectivity index (χ3v) is 5.50. The molecule has 6 heteroatoms. The largest absolute Gasteiger partial charge is 0.497 e. The van der Waals surface area contributed by atoms with Crippen molar-refractivity contribution in [3.8, 4) is 5.75 Å². The molecule has 1 atom stereocenters. The predicted octanol–water partition coefficient (Wildman–Crippen LogP) is 2.45. The average Bonchev–Trinajstić information content (AvgIpc) is 3.02. The summed E-state index contributed by atoms with van der Waals surface area (Å²) in [6.45, 7) is 4.06. The molecule has 1 amide bonds. The number of fused-ring (bicyclic) bond motifs is 2. The van der Waals surface area contributed by atoms with Gasteiger partial charge in [0.1, 0.15) is 11.6 Å². The number of methoxy groups -OCH3 is 1. The van der Waals surface area contributed by atoms with Gasteiger partial charge in [0.2, 0.25) is 5.91 Å². The quantitative estimate of drug-likeness (QED) is 0.861. The zero-order valence-corrected chi connectivity index (χ0v) is 14.9. The van der Waals surface area contributed by atoms with Crippen molar-refractivity contribution in [2.24, 2.45) is 0 Å². The fourth-order valence-corrected chi connectivity index (χ4v) is 4.09. The number of nitrogens with zero attached hydrogens (tertiary/aromatic N) is 4. The van der Waals surface area contributed by atoms with Gasteiger partial charge in [-0.15, -0.1) is 10.2 Å². The molecule has 0 bridgehead atoms. The lowest BCUT2D eigenvalue weighted by Gasteiger charge is -2.31. The number of amides is 1. The minimum absolute atomic E-state index is 0.223. The third kappa shape index (κ3) is 3.01. The highest BCUT2D eigenvalue weighted by atomic mass is 16.5. The van der Waals surface area contributed by atoms with Crippen LogP contribution in [0.4, 0.5) is 0 Å². The predicted molar refractivity (Wildman–Crippen MR) is 93.5 cm³/mol. The number of hydrogen-bond donors (Lipinski definition) is 0.